The van der Waals surface area contributed by atoms with Gasteiger partial charge in [0, 0.05) is 0 Å². The first kappa shape index (κ1) is 30.3. The quantitative estimate of drug-likeness (QED) is 0.143. The van der Waals surface area contributed by atoms with E-state index in [2.05, 4.69) is 44.1 Å². The van der Waals surface area contributed by atoms with Gasteiger partial charge in [0.25, 0.3) is 0 Å². The maximum absolute atomic E-state index is 12.3. The molecule has 2 heterocycles. The third kappa shape index (κ3) is 7.36. The van der Waals surface area contributed by atoms with Crippen molar-refractivity contribution < 1.29 is 13.9 Å². The summed E-state index contributed by atoms with van der Waals surface area (Å²) in [7, 11) is 0. The predicted octanol–water partition coefficient (Wildman–Crippen LogP) is 9.20. The number of carbonyl (C=O) groups excluding carboxylic acids is 1. The molecule has 0 aliphatic rings. The Labute approximate surface area is 243 Å². The second-order valence-electron chi connectivity index (χ2n) is 12.0. The van der Waals surface area contributed by atoms with Crippen LogP contribution in [0, 0.1) is 0 Å². The molecule has 0 atom stereocenters. The van der Waals surface area contributed by atoms with Gasteiger partial charge in [0.05, 0.1) is 0 Å². The summed E-state index contributed by atoms with van der Waals surface area (Å²) in [6.45, 7) is 12.5. The summed E-state index contributed by atoms with van der Waals surface area (Å²) < 4.78 is 18.8. The molecule has 4 aromatic rings. The Morgan fingerprint density at radius 2 is 1.48 bits per heavy atom. The molecule has 0 saturated carbocycles. The number of unbranched alkanes of at least 4 members (excludes halogenated alkanes) is 3. The van der Waals surface area contributed by atoms with E-state index in [1.165, 1.54) is 56.5 Å². The summed E-state index contributed by atoms with van der Waals surface area (Å²) in [5.74, 6) is 0.634. The van der Waals surface area contributed by atoms with E-state index in [1.54, 1.807) is 9.78 Å². The molecule has 0 unspecified atom stereocenters. The predicted molar refractivity (Wildman–Crippen MR) is 167 cm³/mol. The van der Waals surface area contributed by atoms with Crippen LogP contribution in [0.2, 0.25) is 13.3 Å². The van der Waals surface area contributed by atoms with Crippen LogP contribution >= 0.6 is 0 Å². The van der Waals surface area contributed by atoms with Crippen LogP contribution in [0.1, 0.15) is 80.1 Å². The van der Waals surface area contributed by atoms with Crippen LogP contribution in [0.4, 0.5) is 4.79 Å². The topological polar surface area (TPSA) is 70.2 Å². The molecule has 0 radical (unpaired) electrons. The van der Waals surface area contributed by atoms with Crippen LogP contribution in [0.5, 0.6) is 0 Å². The fourth-order valence-electron chi connectivity index (χ4n) is 5.41. The number of rotatable bonds is 12. The van der Waals surface area contributed by atoms with Crippen molar-refractivity contribution in [2.75, 3.05) is 0 Å². The van der Waals surface area contributed by atoms with Crippen molar-refractivity contribution in [1.82, 2.24) is 14.8 Å². The molecular weight excluding hydrogens is 605 g/mol. The average molecular weight is 650 g/mol. The van der Waals surface area contributed by atoms with Gasteiger partial charge in [-0.25, -0.2) is 4.79 Å². The number of aromatic nitrogens is 3. The fourth-order valence-corrected chi connectivity index (χ4v) is 21.4. The van der Waals surface area contributed by atoms with Gasteiger partial charge in [-0.05, 0) is 20.8 Å². The van der Waals surface area contributed by atoms with Crippen LogP contribution < -0.4 is 3.58 Å². The van der Waals surface area contributed by atoms with Gasteiger partial charge >= 0.3 is 208 Å². The van der Waals surface area contributed by atoms with Crippen molar-refractivity contribution in [2.45, 2.75) is 99.0 Å². The summed E-state index contributed by atoms with van der Waals surface area (Å²) >= 11 is -2.54. The Bertz CT molecular complexity index is 1380. The van der Waals surface area contributed by atoms with Gasteiger partial charge < -0.3 is 4.74 Å². The Balaban J connectivity index is 1.58. The first-order valence-electron chi connectivity index (χ1n) is 15.0. The van der Waals surface area contributed by atoms with E-state index in [9.17, 15) is 4.79 Å². The molecule has 0 N–H and O–H groups in total. The molecule has 0 bridgehead atoms. The van der Waals surface area contributed by atoms with Crippen LogP contribution in [0.3, 0.4) is 0 Å². The van der Waals surface area contributed by atoms with Gasteiger partial charge in [-0.15, -0.1) is 0 Å². The van der Waals surface area contributed by atoms with Crippen LogP contribution in [-0.2, 0) is 4.74 Å². The second kappa shape index (κ2) is 13.4. The van der Waals surface area contributed by atoms with E-state index in [-0.39, 0.29) is 0 Å². The number of carbonyl (C=O) groups is 1. The summed E-state index contributed by atoms with van der Waals surface area (Å²) in [5.41, 5.74) is 3.78. The first-order chi connectivity index (χ1) is 19.2. The minimum atomic E-state index is -2.54. The average Bonchev–Trinajstić information content (AvgIpc) is 3.60. The fraction of sp³-hybridized carbons (Fsp3) is 0.485. The van der Waals surface area contributed by atoms with Crippen molar-refractivity contribution in [1.29, 1.82) is 0 Å². The monoisotopic (exact) mass is 651 g/mol. The molecule has 4 rings (SSSR count). The van der Waals surface area contributed by atoms with Gasteiger partial charge in [-0.2, -0.15) is 0 Å². The molecule has 2 aromatic carbocycles. The van der Waals surface area contributed by atoms with Gasteiger partial charge in [0.1, 0.15) is 5.60 Å². The van der Waals surface area contributed by atoms with Crippen molar-refractivity contribution in [3.8, 4) is 22.7 Å². The van der Waals surface area contributed by atoms with E-state index in [0.717, 1.165) is 22.2 Å². The van der Waals surface area contributed by atoms with Crippen molar-refractivity contribution in [3.63, 3.8) is 0 Å². The van der Waals surface area contributed by atoms with Crippen LogP contribution in [0.15, 0.2) is 59.1 Å². The van der Waals surface area contributed by atoms with Crippen LogP contribution in [0.25, 0.3) is 33.8 Å². The molecule has 214 valence electrons. The van der Waals surface area contributed by atoms with E-state index in [0.29, 0.717) is 11.6 Å². The molecular formula is C33H45N3O3Sn. The van der Waals surface area contributed by atoms with Crippen molar-refractivity contribution >= 4 is 39.1 Å². The maximum atomic E-state index is 12.3. The van der Waals surface area contributed by atoms with Crippen LogP contribution in [-0.4, -0.2) is 44.8 Å². The summed E-state index contributed by atoms with van der Waals surface area (Å²) in [4.78, 5) is 17.3. The zero-order valence-corrected chi connectivity index (χ0v) is 28.0. The molecule has 40 heavy (non-hydrogen) atoms. The number of hydrogen-bond donors (Lipinski definition) is 0. The third-order valence-electron chi connectivity index (χ3n) is 7.62. The van der Waals surface area contributed by atoms with E-state index < -0.39 is 30.1 Å². The molecule has 0 aliphatic heterocycles. The van der Waals surface area contributed by atoms with E-state index in [4.69, 9.17) is 14.1 Å². The molecule has 0 spiro atoms. The zero-order chi connectivity index (χ0) is 28.8. The summed E-state index contributed by atoms with van der Waals surface area (Å²) in [5, 5.41) is 4.41. The Hall–Kier alpha value is -2.61. The molecule has 0 amide bonds. The number of benzene rings is 2. The Morgan fingerprint density at radius 1 is 0.875 bits per heavy atom. The van der Waals surface area contributed by atoms with Gasteiger partial charge in [-0.1, -0.05) is 0 Å². The Kier molecular flexibility index (Phi) is 10.1. The third-order valence-corrected chi connectivity index (χ3v) is 23.2. The normalized spacial score (nSPS) is 12.2. The SMILES string of the molecule is CCC[CH2][Sn]([CH2]CCC)([CH2]CCC)[c]1ccc2oc(-c3ccc(-c4ccn(C(=O)OC(C)(C)C)n4)cc3)nc2c1. The van der Waals surface area contributed by atoms with Gasteiger partial charge in [0.2, 0.25) is 0 Å². The molecule has 0 aliphatic carbocycles. The number of nitrogens with zero attached hydrogens (tertiary/aromatic N) is 3. The molecule has 7 heteroatoms. The van der Waals surface area contributed by atoms with E-state index >= 15 is 0 Å². The minimum absolute atomic E-state index is 0.492. The number of oxazole rings is 1. The number of ether oxygens (including phenoxy) is 1. The van der Waals surface area contributed by atoms with Gasteiger partial charge in [0.15, 0.2) is 0 Å². The van der Waals surface area contributed by atoms with Gasteiger partial charge in [-0.3, -0.25) is 0 Å². The molecule has 2 aromatic heterocycles. The molecule has 6 nitrogen and oxygen atoms in total. The van der Waals surface area contributed by atoms with E-state index in [1.807, 2.05) is 51.1 Å². The number of hydrogen-bond acceptors (Lipinski definition) is 5. The molecule has 0 fully saturated rings. The standard InChI is InChI=1S/C21H18N3O3.3C4H9.Sn/c1-21(2,3)27-20(25)24-13-12-16(23-24)14-8-10-15(11-9-14)19-22-17-6-4-5-7-18(17)26-19;3*1-3-4-2;/h5-13H,1-3H3;3*1,3-4H2,2H3;. The Morgan fingerprint density at radius 3 is 2.05 bits per heavy atom. The number of fused-ring (bicyclic) bond motifs is 1. The summed E-state index contributed by atoms with van der Waals surface area (Å²) in [6, 6.07) is 16.7. The zero-order valence-electron chi connectivity index (χ0n) is 25.1. The van der Waals surface area contributed by atoms with Crippen molar-refractivity contribution in [2.24, 2.45) is 0 Å². The second-order valence-corrected chi connectivity index (χ2v) is 25.2. The molecule has 0 saturated heterocycles. The first-order valence-corrected chi connectivity index (χ1v) is 22.5. The van der Waals surface area contributed by atoms with Crippen molar-refractivity contribution in [3.05, 3.63) is 54.7 Å². The summed E-state index contributed by atoms with van der Waals surface area (Å²) in [6.07, 6.45) is 8.96.